The molecule has 3 rings (SSSR count). The second-order valence-corrected chi connectivity index (χ2v) is 5.80. The number of para-hydroxylation sites is 1. The Balaban J connectivity index is 1.99. The van der Waals surface area contributed by atoms with Crippen molar-refractivity contribution in [3.05, 3.63) is 95.0 Å². The first-order valence-electron chi connectivity index (χ1n) is 7.54. The highest BCUT2D eigenvalue weighted by Gasteiger charge is 2.19. The summed E-state index contributed by atoms with van der Waals surface area (Å²) in [6.45, 7) is 0.266. The minimum absolute atomic E-state index is 0.138. The highest BCUT2D eigenvalue weighted by atomic mass is 35.5. The highest BCUT2D eigenvalue weighted by molar-refractivity contribution is 6.30. The summed E-state index contributed by atoms with van der Waals surface area (Å²) in [6.07, 6.45) is 0. The van der Waals surface area contributed by atoms with E-state index < -0.39 is 0 Å². The number of hydrogen-bond donors (Lipinski definition) is 1. The third kappa shape index (κ3) is 3.58. The Hall–Kier alpha value is -2.78. The van der Waals surface area contributed by atoms with Crippen LogP contribution in [0.3, 0.4) is 0 Å². The predicted molar refractivity (Wildman–Crippen MR) is 96.5 cm³/mol. The molecule has 3 aromatic rings. The summed E-state index contributed by atoms with van der Waals surface area (Å²) in [5.74, 6) is 0.0264. The molecule has 0 aliphatic rings. The zero-order valence-electron chi connectivity index (χ0n) is 12.9. The number of phenolic OH excluding ortho intramolecular Hbond substituents is 1. The fourth-order valence-electron chi connectivity index (χ4n) is 2.45. The molecule has 0 unspecified atom stereocenters. The lowest BCUT2D eigenvalue weighted by molar-refractivity contribution is 0.0985. The quantitative estimate of drug-likeness (QED) is 0.736. The van der Waals surface area contributed by atoms with Crippen molar-refractivity contribution in [3.63, 3.8) is 0 Å². The van der Waals surface area contributed by atoms with E-state index in [-0.39, 0.29) is 18.2 Å². The van der Waals surface area contributed by atoms with E-state index in [1.54, 1.807) is 59.5 Å². The van der Waals surface area contributed by atoms with Gasteiger partial charge >= 0.3 is 0 Å². The van der Waals surface area contributed by atoms with Crippen LogP contribution in [0.5, 0.6) is 5.75 Å². The number of phenols is 1. The largest absolute Gasteiger partial charge is 0.508 e. The van der Waals surface area contributed by atoms with Crippen LogP contribution in [0, 0.1) is 0 Å². The van der Waals surface area contributed by atoms with Gasteiger partial charge in [-0.15, -0.1) is 0 Å². The van der Waals surface area contributed by atoms with Crippen molar-refractivity contribution < 1.29 is 9.90 Å². The molecule has 3 nitrogen and oxygen atoms in total. The second kappa shape index (κ2) is 7.20. The van der Waals surface area contributed by atoms with Gasteiger partial charge in [-0.1, -0.05) is 48.0 Å². The lowest BCUT2D eigenvalue weighted by Gasteiger charge is -2.23. The summed E-state index contributed by atoms with van der Waals surface area (Å²) in [4.78, 5) is 14.6. The van der Waals surface area contributed by atoms with Crippen LogP contribution >= 0.6 is 11.6 Å². The third-order valence-electron chi connectivity index (χ3n) is 3.72. The van der Waals surface area contributed by atoms with Gasteiger partial charge in [-0.3, -0.25) is 4.79 Å². The van der Waals surface area contributed by atoms with E-state index >= 15 is 0 Å². The van der Waals surface area contributed by atoms with Crippen molar-refractivity contribution in [1.29, 1.82) is 0 Å². The van der Waals surface area contributed by atoms with Crippen molar-refractivity contribution in [3.8, 4) is 5.75 Å². The van der Waals surface area contributed by atoms with Crippen LogP contribution in [0.1, 0.15) is 15.9 Å². The molecule has 4 heteroatoms. The average Bonchev–Trinajstić information content (AvgIpc) is 2.62. The molecule has 0 atom stereocenters. The molecule has 0 spiro atoms. The van der Waals surface area contributed by atoms with E-state index in [1.807, 2.05) is 24.3 Å². The maximum Gasteiger partial charge on any atom is 0.258 e. The standard InChI is InChI=1S/C20H16ClNO2/c21-17-10-12-18(13-11-17)22(14-16-8-4-5-9-19(16)23)20(24)15-6-2-1-3-7-15/h1-13,23H,14H2. The Morgan fingerprint density at radius 3 is 2.17 bits per heavy atom. The molecule has 0 radical (unpaired) electrons. The Kier molecular flexibility index (Phi) is 4.82. The molecule has 0 bridgehead atoms. The molecular weight excluding hydrogens is 322 g/mol. The number of carbonyl (C=O) groups excluding carboxylic acids is 1. The number of halogens is 1. The van der Waals surface area contributed by atoms with Crippen LogP contribution in [-0.2, 0) is 6.54 Å². The number of hydrogen-bond acceptors (Lipinski definition) is 2. The summed E-state index contributed by atoms with van der Waals surface area (Å²) >= 11 is 5.95. The maximum atomic E-state index is 13.0. The minimum Gasteiger partial charge on any atom is -0.508 e. The number of rotatable bonds is 4. The van der Waals surface area contributed by atoms with Crippen LogP contribution in [0.4, 0.5) is 5.69 Å². The van der Waals surface area contributed by atoms with Crippen molar-refractivity contribution in [2.75, 3.05) is 4.90 Å². The van der Waals surface area contributed by atoms with Gasteiger partial charge in [-0.25, -0.2) is 0 Å². The topological polar surface area (TPSA) is 40.5 Å². The normalized spacial score (nSPS) is 10.4. The molecule has 0 aromatic heterocycles. The summed E-state index contributed by atoms with van der Waals surface area (Å²) in [7, 11) is 0. The van der Waals surface area contributed by atoms with E-state index in [9.17, 15) is 9.90 Å². The average molecular weight is 338 g/mol. The lowest BCUT2D eigenvalue weighted by Crippen LogP contribution is -2.30. The predicted octanol–water partition coefficient (Wildman–Crippen LogP) is 4.89. The molecule has 120 valence electrons. The van der Waals surface area contributed by atoms with Crippen molar-refractivity contribution >= 4 is 23.2 Å². The molecule has 1 N–H and O–H groups in total. The van der Waals surface area contributed by atoms with Gasteiger partial charge in [0, 0.05) is 21.8 Å². The molecule has 0 aliphatic heterocycles. The molecule has 0 aliphatic carbocycles. The van der Waals surface area contributed by atoms with E-state index in [4.69, 9.17) is 11.6 Å². The number of nitrogens with zero attached hydrogens (tertiary/aromatic N) is 1. The van der Waals surface area contributed by atoms with E-state index in [1.165, 1.54) is 0 Å². The number of anilines is 1. The Morgan fingerprint density at radius 2 is 1.50 bits per heavy atom. The van der Waals surface area contributed by atoms with Gasteiger partial charge in [0.05, 0.1) is 6.54 Å². The Morgan fingerprint density at radius 1 is 0.875 bits per heavy atom. The van der Waals surface area contributed by atoms with E-state index in [0.717, 1.165) is 5.69 Å². The smallest absolute Gasteiger partial charge is 0.258 e. The Labute approximate surface area is 145 Å². The zero-order chi connectivity index (χ0) is 16.9. The van der Waals surface area contributed by atoms with Gasteiger partial charge in [0.25, 0.3) is 5.91 Å². The summed E-state index contributed by atoms with van der Waals surface area (Å²) < 4.78 is 0. The SMILES string of the molecule is O=C(c1ccccc1)N(Cc1ccccc1O)c1ccc(Cl)cc1. The van der Waals surface area contributed by atoms with Crippen LogP contribution < -0.4 is 4.90 Å². The fourth-order valence-corrected chi connectivity index (χ4v) is 2.58. The van der Waals surface area contributed by atoms with Crippen molar-refractivity contribution in [2.45, 2.75) is 6.54 Å². The first-order chi connectivity index (χ1) is 11.6. The molecular formula is C20H16ClNO2. The summed E-state index contributed by atoms with van der Waals surface area (Å²) in [6, 6.07) is 23.1. The molecule has 0 saturated heterocycles. The first-order valence-corrected chi connectivity index (χ1v) is 7.92. The van der Waals surface area contributed by atoms with E-state index in [0.29, 0.717) is 16.1 Å². The van der Waals surface area contributed by atoms with Gasteiger partial charge in [-0.2, -0.15) is 0 Å². The number of benzene rings is 3. The first kappa shape index (κ1) is 16.1. The number of carbonyl (C=O) groups is 1. The van der Waals surface area contributed by atoms with Crippen molar-refractivity contribution in [2.24, 2.45) is 0 Å². The van der Waals surface area contributed by atoms with E-state index in [2.05, 4.69) is 0 Å². The molecule has 0 fully saturated rings. The third-order valence-corrected chi connectivity index (χ3v) is 3.98. The van der Waals surface area contributed by atoms with Gasteiger partial charge in [0.15, 0.2) is 0 Å². The molecule has 0 saturated carbocycles. The van der Waals surface area contributed by atoms with Crippen LogP contribution in [0.2, 0.25) is 5.02 Å². The van der Waals surface area contributed by atoms with Gasteiger partial charge < -0.3 is 10.0 Å². The fraction of sp³-hybridized carbons (Fsp3) is 0.0500. The molecule has 0 heterocycles. The van der Waals surface area contributed by atoms with Crippen LogP contribution in [0.15, 0.2) is 78.9 Å². The lowest BCUT2D eigenvalue weighted by atomic mass is 10.1. The van der Waals surface area contributed by atoms with Gasteiger partial charge in [0.1, 0.15) is 5.75 Å². The number of aromatic hydroxyl groups is 1. The number of amides is 1. The van der Waals surface area contributed by atoms with Gasteiger partial charge in [-0.05, 0) is 42.5 Å². The maximum absolute atomic E-state index is 13.0. The Bertz CT molecular complexity index is 832. The monoisotopic (exact) mass is 337 g/mol. The van der Waals surface area contributed by atoms with Gasteiger partial charge in [0.2, 0.25) is 0 Å². The van der Waals surface area contributed by atoms with Crippen LogP contribution in [-0.4, -0.2) is 11.0 Å². The summed E-state index contributed by atoms with van der Waals surface area (Å²) in [5, 5.41) is 10.6. The van der Waals surface area contributed by atoms with Crippen LogP contribution in [0.25, 0.3) is 0 Å². The zero-order valence-corrected chi connectivity index (χ0v) is 13.6. The second-order valence-electron chi connectivity index (χ2n) is 5.36. The molecule has 3 aromatic carbocycles. The van der Waals surface area contributed by atoms with Crippen molar-refractivity contribution in [1.82, 2.24) is 0 Å². The highest BCUT2D eigenvalue weighted by Crippen LogP contribution is 2.25. The molecule has 1 amide bonds. The minimum atomic E-state index is -0.138. The summed E-state index contributed by atoms with van der Waals surface area (Å²) in [5.41, 5.74) is 1.98. The molecule has 24 heavy (non-hydrogen) atoms.